The minimum absolute atomic E-state index is 0. The summed E-state index contributed by atoms with van der Waals surface area (Å²) < 4.78 is 8.12. The summed E-state index contributed by atoms with van der Waals surface area (Å²) in [5.41, 5.74) is 5.24. The Balaban J connectivity index is 0.00000675. The minimum atomic E-state index is -0.0885. The van der Waals surface area contributed by atoms with Crippen molar-refractivity contribution < 1.29 is 31.1 Å². The fourth-order valence-corrected chi connectivity index (χ4v) is 5.85. The van der Waals surface area contributed by atoms with Crippen LogP contribution >= 0.6 is 11.6 Å². The van der Waals surface area contributed by atoms with Crippen molar-refractivity contribution in [2.24, 2.45) is 0 Å². The van der Waals surface area contributed by atoms with Crippen molar-refractivity contribution in [3.63, 3.8) is 0 Å². The van der Waals surface area contributed by atoms with Gasteiger partial charge in [-0.2, -0.15) is 0 Å². The van der Waals surface area contributed by atoms with E-state index in [0.717, 1.165) is 30.0 Å². The molecule has 0 unspecified atom stereocenters. The number of nitrogens with zero attached hydrogens (tertiary/aromatic N) is 1. The number of ether oxygens (including phenoxy) is 1. The van der Waals surface area contributed by atoms with E-state index in [1.165, 1.54) is 100 Å². The van der Waals surface area contributed by atoms with E-state index in [9.17, 15) is 4.79 Å². The second-order valence-electron chi connectivity index (χ2n) is 12.2. The molecule has 3 rings (SSSR count). The third-order valence-corrected chi connectivity index (χ3v) is 8.29. The molecule has 2 aromatic carbocycles. The summed E-state index contributed by atoms with van der Waals surface area (Å²) in [6, 6.07) is 15.8. The number of halogens is 2. The summed E-state index contributed by atoms with van der Waals surface area (Å²) >= 11 is 6.51. The average molecular weight is 686 g/mol. The molecule has 1 heterocycles. The number of hydrogen-bond donors (Lipinski definition) is 1. The molecule has 0 saturated heterocycles. The standard InChI is InChI=1S/C38H53ClN2O2.BrH/c1-4-5-6-7-8-9-10-11-12-13-14-15-16-17-24-43-36-23-20-34(37(39)27-36)26-38(42)40-35-21-18-33(19-22-35)30-41-28-31(2)25-32(3)29-41;/h18-23,25,27-29H,4-17,24,26,30H2,1-3H3;1H. The first kappa shape index (κ1) is 37.8. The molecular weight excluding hydrogens is 632 g/mol. The zero-order chi connectivity index (χ0) is 30.7. The zero-order valence-electron chi connectivity index (χ0n) is 27.3. The summed E-state index contributed by atoms with van der Waals surface area (Å²) in [6.45, 7) is 7.99. The Morgan fingerprint density at radius 3 is 1.84 bits per heavy atom. The Bertz CT molecular complexity index is 1210. The van der Waals surface area contributed by atoms with E-state index in [-0.39, 0.29) is 29.3 Å². The number of benzene rings is 2. The van der Waals surface area contributed by atoms with Crippen LogP contribution in [0.1, 0.15) is 119 Å². The lowest BCUT2D eigenvalue weighted by molar-refractivity contribution is -0.689. The number of hydrogen-bond acceptors (Lipinski definition) is 2. The van der Waals surface area contributed by atoms with Gasteiger partial charge in [-0.15, -0.1) is 0 Å². The van der Waals surface area contributed by atoms with Gasteiger partial charge in [0.05, 0.1) is 13.0 Å². The van der Waals surface area contributed by atoms with Crippen molar-refractivity contribution in [2.75, 3.05) is 11.9 Å². The first-order valence-corrected chi connectivity index (χ1v) is 17.1. The number of nitrogens with one attached hydrogen (secondary N) is 1. The van der Waals surface area contributed by atoms with Gasteiger partial charge in [-0.3, -0.25) is 4.79 Å². The average Bonchev–Trinajstić information content (AvgIpc) is 2.97. The van der Waals surface area contributed by atoms with Gasteiger partial charge < -0.3 is 27.0 Å². The SMILES string of the molecule is CCCCCCCCCCCCCCCCOc1ccc(CC(=O)Nc2ccc(C[n+]3cc(C)cc(C)c3)cc2)c(Cl)c1.[Br-]. The topological polar surface area (TPSA) is 42.2 Å². The lowest BCUT2D eigenvalue weighted by Gasteiger charge is -2.10. The van der Waals surface area contributed by atoms with Gasteiger partial charge in [0.1, 0.15) is 5.75 Å². The monoisotopic (exact) mass is 684 g/mol. The van der Waals surface area contributed by atoms with Gasteiger partial charge in [0, 0.05) is 27.4 Å². The van der Waals surface area contributed by atoms with E-state index < -0.39 is 0 Å². The van der Waals surface area contributed by atoms with Gasteiger partial charge in [-0.25, -0.2) is 4.57 Å². The maximum absolute atomic E-state index is 12.7. The van der Waals surface area contributed by atoms with Crippen LogP contribution in [0.25, 0.3) is 0 Å². The molecule has 1 N–H and O–H groups in total. The van der Waals surface area contributed by atoms with E-state index in [2.05, 4.69) is 61.2 Å². The fraction of sp³-hybridized carbons (Fsp3) is 0.526. The smallest absolute Gasteiger partial charge is 0.228 e. The van der Waals surface area contributed by atoms with E-state index in [0.29, 0.717) is 11.6 Å². The van der Waals surface area contributed by atoms with Gasteiger partial charge in [0.15, 0.2) is 18.9 Å². The Morgan fingerprint density at radius 2 is 1.30 bits per heavy atom. The zero-order valence-corrected chi connectivity index (χ0v) is 29.7. The van der Waals surface area contributed by atoms with Crippen LogP contribution in [-0.4, -0.2) is 12.5 Å². The molecule has 1 aromatic heterocycles. The number of aryl methyl sites for hydroxylation is 2. The van der Waals surface area contributed by atoms with Crippen molar-refractivity contribution in [1.82, 2.24) is 0 Å². The van der Waals surface area contributed by atoms with Crippen LogP contribution in [0.15, 0.2) is 60.9 Å². The van der Waals surface area contributed by atoms with Gasteiger partial charge in [-0.05, 0) is 56.2 Å². The second kappa shape index (κ2) is 22.2. The van der Waals surface area contributed by atoms with Crippen LogP contribution in [0.3, 0.4) is 0 Å². The van der Waals surface area contributed by atoms with Crippen molar-refractivity contribution in [1.29, 1.82) is 0 Å². The number of pyridine rings is 1. The lowest BCUT2D eigenvalue weighted by atomic mass is 10.0. The highest BCUT2D eigenvalue weighted by Crippen LogP contribution is 2.24. The second-order valence-corrected chi connectivity index (χ2v) is 12.6. The summed E-state index contributed by atoms with van der Waals surface area (Å²) in [5, 5.41) is 3.55. The van der Waals surface area contributed by atoms with E-state index >= 15 is 0 Å². The van der Waals surface area contributed by atoms with Gasteiger partial charge in [-0.1, -0.05) is 120 Å². The molecule has 6 heteroatoms. The molecule has 0 saturated carbocycles. The van der Waals surface area contributed by atoms with Crippen LogP contribution in [0.4, 0.5) is 5.69 Å². The van der Waals surface area contributed by atoms with Gasteiger partial charge >= 0.3 is 0 Å². The number of carbonyl (C=O) groups excluding carboxylic acids is 1. The summed E-state index contributed by atoms with van der Waals surface area (Å²) in [6.07, 6.45) is 23.4. The fourth-order valence-electron chi connectivity index (χ4n) is 5.62. The molecule has 0 aliphatic heterocycles. The predicted molar refractivity (Wildman–Crippen MR) is 181 cm³/mol. The van der Waals surface area contributed by atoms with Gasteiger partial charge in [0.2, 0.25) is 5.91 Å². The van der Waals surface area contributed by atoms with E-state index in [1.54, 1.807) is 0 Å². The molecule has 0 fully saturated rings. The molecule has 0 bridgehead atoms. The molecule has 0 aliphatic carbocycles. The van der Waals surface area contributed by atoms with Crippen molar-refractivity contribution in [2.45, 2.75) is 124 Å². The van der Waals surface area contributed by atoms with Crippen LogP contribution in [0.2, 0.25) is 5.02 Å². The highest BCUT2D eigenvalue weighted by atomic mass is 79.9. The number of anilines is 1. The number of aromatic nitrogens is 1. The molecule has 0 spiro atoms. The molecule has 1 amide bonds. The number of amides is 1. The van der Waals surface area contributed by atoms with Crippen molar-refractivity contribution >= 4 is 23.2 Å². The third-order valence-electron chi connectivity index (χ3n) is 7.94. The molecule has 242 valence electrons. The summed E-state index contributed by atoms with van der Waals surface area (Å²) in [5.74, 6) is 0.676. The summed E-state index contributed by atoms with van der Waals surface area (Å²) in [4.78, 5) is 12.7. The summed E-state index contributed by atoms with van der Waals surface area (Å²) in [7, 11) is 0. The molecule has 0 atom stereocenters. The normalized spacial score (nSPS) is 10.8. The van der Waals surface area contributed by atoms with Crippen molar-refractivity contribution in [3.8, 4) is 5.75 Å². The Labute approximate surface area is 282 Å². The number of carbonyl (C=O) groups is 1. The highest BCUT2D eigenvalue weighted by molar-refractivity contribution is 6.31. The number of unbranched alkanes of at least 4 members (excludes halogenated alkanes) is 13. The quantitative estimate of drug-likeness (QED) is 0.0943. The van der Waals surface area contributed by atoms with Crippen LogP contribution in [0, 0.1) is 13.8 Å². The molecule has 44 heavy (non-hydrogen) atoms. The lowest BCUT2D eigenvalue weighted by Crippen LogP contribution is -3.00. The Hall–Kier alpha value is -2.37. The molecular formula is C38H54BrClN2O2. The Kier molecular flexibility index (Phi) is 19.1. The van der Waals surface area contributed by atoms with E-state index in [1.807, 2.05) is 30.3 Å². The van der Waals surface area contributed by atoms with Crippen LogP contribution in [-0.2, 0) is 17.8 Å². The first-order chi connectivity index (χ1) is 20.9. The van der Waals surface area contributed by atoms with E-state index in [4.69, 9.17) is 16.3 Å². The predicted octanol–water partition coefficient (Wildman–Crippen LogP) is 7.34. The highest BCUT2D eigenvalue weighted by Gasteiger charge is 2.10. The molecule has 3 aromatic rings. The minimum Gasteiger partial charge on any atom is -1.00 e. The maximum Gasteiger partial charge on any atom is 0.228 e. The molecule has 0 aliphatic rings. The van der Waals surface area contributed by atoms with Crippen LogP contribution in [0.5, 0.6) is 5.75 Å². The molecule has 0 radical (unpaired) electrons. The van der Waals surface area contributed by atoms with Gasteiger partial charge in [0.25, 0.3) is 0 Å². The number of rotatable bonds is 21. The first-order valence-electron chi connectivity index (χ1n) is 16.7. The largest absolute Gasteiger partial charge is 1.00 e. The molecule has 4 nitrogen and oxygen atoms in total. The van der Waals surface area contributed by atoms with Crippen LogP contribution < -0.4 is 31.6 Å². The Morgan fingerprint density at radius 1 is 0.750 bits per heavy atom. The van der Waals surface area contributed by atoms with Crippen molar-refractivity contribution in [3.05, 3.63) is 88.2 Å². The third kappa shape index (κ3) is 15.6. The maximum atomic E-state index is 12.7.